The molecule has 1 unspecified atom stereocenters. The molecular weight excluding hydrogens is 252 g/mol. The van der Waals surface area contributed by atoms with Crippen molar-refractivity contribution in [2.45, 2.75) is 64.3 Å². The number of carboxylic acid groups (broad SMARTS) is 1. The lowest BCUT2D eigenvalue weighted by Crippen LogP contribution is -2.55. The van der Waals surface area contributed by atoms with Gasteiger partial charge in [-0.2, -0.15) is 0 Å². The Balaban J connectivity index is 2.49. The maximum absolute atomic E-state index is 11.2. The third-order valence-corrected chi connectivity index (χ3v) is 4.62. The van der Waals surface area contributed by atoms with Crippen LogP contribution in [0.3, 0.4) is 0 Å². The van der Waals surface area contributed by atoms with Crippen molar-refractivity contribution in [2.24, 2.45) is 0 Å². The van der Waals surface area contributed by atoms with Gasteiger partial charge in [-0.3, -0.25) is 9.69 Å². The molecule has 1 N–H and O–H groups in total. The second kappa shape index (κ2) is 8.63. The minimum atomic E-state index is -0.667. The van der Waals surface area contributed by atoms with E-state index in [1.807, 2.05) is 0 Å². The summed E-state index contributed by atoms with van der Waals surface area (Å²) in [5, 5.41) is 9.24. The second-order valence-electron chi connectivity index (χ2n) is 6.52. The van der Waals surface area contributed by atoms with E-state index in [4.69, 9.17) is 0 Å². The van der Waals surface area contributed by atoms with Crippen LogP contribution in [0.4, 0.5) is 0 Å². The van der Waals surface area contributed by atoms with E-state index in [0.29, 0.717) is 0 Å². The van der Waals surface area contributed by atoms with Gasteiger partial charge in [-0.05, 0) is 20.4 Å². The number of aliphatic carboxylic acids is 1. The summed E-state index contributed by atoms with van der Waals surface area (Å²) in [4.78, 5) is 15.9. The van der Waals surface area contributed by atoms with Gasteiger partial charge >= 0.3 is 5.97 Å². The van der Waals surface area contributed by atoms with Crippen LogP contribution in [0.5, 0.6) is 0 Å². The van der Waals surface area contributed by atoms with Gasteiger partial charge in [0, 0.05) is 31.7 Å². The molecule has 0 radical (unpaired) electrons. The van der Waals surface area contributed by atoms with Gasteiger partial charge < -0.3 is 10.0 Å². The van der Waals surface area contributed by atoms with Crippen molar-refractivity contribution >= 4 is 5.97 Å². The molecule has 118 valence electrons. The molecule has 0 saturated carbocycles. The Bertz CT molecular complexity index is 288. The molecule has 1 aliphatic rings. The Morgan fingerprint density at radius 2 is 1.70 bits per heavy atom. The summed E-state index contributed by atoms with van der Waals surface area (Å²) in [7, 11) is 2.14. The van der Waals surface area contributed by atoms with E-state index in [9.17, 15) is 9.90 Å². The number of hydrogen-bond donors (Lipinski definition) is 1. The number of carbonyl (C=O) groups is 1. The molecule has 0 amide bonds. The number of nitrogens with zero attached hydrogens (tertiary/aromatic N) is 2. The third kappa shape index (κ3) is 5.80. The molecule has 1 heterocycles. The average Bonchev–Trinajstić information content (AvgIpc) is 2.38. The number of unbranched alkanes of at least 4 members (excludes halogenated alkanes) is 4. The quantitative estimate of drug-likeness (QED) is 0.661. The molecule has 20 heavy (non-hydrogen) atoms. The number of hydrogen-bond acceptors (Lipinski definition) is 3. The van der Waals surface area contributed by atoms with Crippen molar-refractivity contribution in [3.8, 4) is 0 Å². The van der Waals surface area contributed by atoms with Gasteiger partial charge in [0.1, 0.15) is 0 Å². The fourth-order valence-corrected chi connectivity index (χ4v) is 3.14. The van der Waals surface area contributed by atoms with E-state index in [1.54, 1.807) is 0 Å². The fraction of sp³-hybridized carbons (Fsp3) is 0.938. The largest absolute Gasteiger partial charge is 0.481 e. The van der Waals surface area contributed by atoms with Crippen LogP contribution < -0.4 is 0 Å². The molecule has 1 atom stereocenters. The van der Waals surface area contributed by atoms with Gasteiger partial charge in [0.15, 0.2) is 0 Å². The van der Waals surface area contributed by atoms with Crippen LogP contribution in [0.25, 0.3) is 0 Å². The molecule has 1 fully saturated rings. The lowest BCUT2D eigenvalue weighted by molar-refractivity contribution is -0.140. The predicted molar refractivity (Wildman–Crippen MR) is 83.1 cm³/mol. The highest BCUT2D eigenvalue weighted by atomic mass is 16.4. The first kappa shape index (κ1) is 17.4. The molecule has 4 heteroatoms. The van der Waals surface area contributed by atoms with E-state index >= 15 is 0 Å². The first-order valence-electron chi connectivity index (χ1n) is 8.13. The number of likely N-dealkylation sites (N-methyl/N-ethyl adjacent to an activating group) is 1. The molecule has 0 aromatic heterocycles. The van der Waals surface area contributed by atoms with E-state index in [1.165, 1.54) is 25.7 Å². The summed E-state index contributed by atoms with van der Waals surface area (Å²) >= 11 is 0. The third-order valence-electron chi connectivity index (χ3n) is 4.62. The first-order valence-corrected chi connectivity index (χ1v) is 8.13. The molecule has 0 aliphatic carbocycles. The van der Waals surface area contributed by atoms with E-state index in [-0.39, 0.29) is 12.0 Å². The highest BCUT2D eigenvalue weighted by Crippen LogP contribution is 2.28. The van der Waals surface area contributed by atoms with Crippen LogP contribution >= 0.6 is 0 Å². The molecule has 0 bridgehead atoms. The summed E-state index contributed by atoms with van der Waals surface area (Å²) in [6, 6.07) is 0. The van der Waals surface area contributed by atoms with Gasteiger partial charge in [0.05, 0.1) is 6.42 Å². The second-order valence-corrected chi connectivity index (χ2v) is 6.52. The van der Waals surface area contributed by atoms with Crippen molar-refractivity contribution in [3.05, 3.63) is 0 Å². The highest BCUT2D eigenvalue weighted by molar-refractivity contribution is 5.68. The Labute approximate surface area is 124 Å². The lowest BCUT2D eigenvalue weighted by Gasteiger charge is -2.45. The summed E-state index contributed by atoms with van der Waals surface area (Å²) < 4.78 is 0. The molecular formula is C16H32N2O2. The topological polar surface area (TPSA) is 43.8 Å². The maximum Gasteiger partial charge on any atom is 0.305 e. The Morgan fingerprint density at radius 3 is 2.25 bits per heavy atom. The minimum absolute atomic E-state index is 0.167. The predicted octanol–water partition coefficient (Wildman–Crippen LogP) is 2.83. The summed E-state index contributed by atoms with van der Waals surface area (Å²) in [5.74, 6) is -0.667. The normalized spacial score (nSPS) is 20.8. The molecule has 0 aromatic rings. The molecule has 0 aromatic carbocycles. The zero-order chi connectivity index (χ0) is 15.0. The van der Waals surface area contributed by atoms with Crippen LogP contribution in [0.2, 0.25) is 0 Å². The van der Waals surface area contributed by atoms with Gasteiger partial charge in [-0.15, -0.1) is 0 Å². The van der Waals surface area contributed by atoms with Gasteiger partial charge in [-0.25, -0.2) is 0 Å². The van der Waals surface area contributed by atoms with Gasteiger partial charge in [0.2, 0.25) is 0 Å². The van der Waals surface area contributed by atoms with E-state index in [2.05, 4.69) is 30.7 Å². The fourth-order valence-electron chi connectivity index (χ4n) is 3.14. The lowest BCUT2D eigenvalue weighted by atomic mass is 9.88. The van der Waals surface area contributed by atoms with Crippen molar-refractivity contribution in [1.29, 1.82) is 0 Å². The minimum Gasteiger partial charge on any atom is -0.481 e. The Kier molecular flexibility index (Phi) is 7.52. The zero-order valence-electron chi connectivity index (χ0n) is 13.5. The number of piperazine rings is 1. The smallest absolute Gasteiger partial charge is 0.305 e. The van der Waals surface area contributed by atoms with E-state index in [0.717, 1.165) is 39.0 Å². The average molecular weight is 284 g/mol. The maximum atomic E-state index is 11.2. The van der Waals surface area contributed by atoms with Crippen LogP contribution in [-0.4, -0.2) is 59.6 Å². The Morgan fingerprint density at radius 1 is 1.10 bits per heavy atom. The van der Waals surface area contributed by atoms with E-state index < -0.39 is 5.97 Å². The monoisotopic (exact) mass is 284 g/mol. The van der Waals surface area contributed by atoms with Crippen LogP contribution in [-0.2, 0) is 4.79 Å². The molecule has 0 spiro atoms. The zero-order valence-corrected chi connectivity index (χ0v) is 13.5. The Hall–Kier alpha value is -0.610. The standard InChI is InChI=1S/C16H32N2O2/c1-4-5-6-7-8-9-16(2,14-15(19)20)18-12-10-17(3)11-13-18/h4-14H2,1-3H3,(H,19,20). The van der Waals surface area contributed by atoms with Gasteiger partial charge in [-0.1, -0.05) is 39.0 Å². The van der Waals surface area contributed by atoms with Crippen LogP contribution in [0.15, 0.2) is 0 Å². The molecule has 1 saturated heterocycles. The first-order chi connectivity index (χ1) is 9.48. The SMILES string of the molecule is CCCCCCCC(C)(CC(=O)O)N1CCN(C)CC1. The number of rotatable bonds is 9. The summed E-state index contributed by atoms with van der Waals surface area (Å²) in [5.41, 5.74) is -0.167. The van der Waals surface area contributed by atoms with Crippen LogP contribution in [0.1, 0.15) is 58.8 Å². The molecule has 1 rings (SSSR count). The van der Waals surface area contributed by atoms with Crippen molar-refractivity contribution < 1.29 is 9.90 Å². The highest BCUT2D eigenvalue weighted by Gasteiger charge is 2.35. The number of carboxylic acids is 1. The van der Waals surface area contributed by atoms with Crippen molar-refractivity contribution in [3.63, 3.8) is 0 Å². The summed E-state index contributed by atoms with van der Waals surface area (Å²) in [6.07, 6.45) is 7.49. The summed E-state index contributed by atoms with van der Waals surface area (Å²) in [6.45, 7) is 8.45. The van der Waals surface area contributed by atoms with Crippen molar-refractivity contribution in [2.75, 3.05) is 33.2 Å². The van der Waals surface area contributed by atoms with Crippen LogP contribution in [0, 0.1) is 0 Å². The van der Waals surface area contributed by atoms with Crippen molar-refractivity contribution in [1.82, 2.24) is 9.80 Å². The van der Waals surface area contributed by atoms with Gasteiger partial charge in [0.25, 0.3) is 0 Å². The molecule has 4 nitrogen and oxygen atoms in total. The molecule has 1 aliphatic heterocycles.